The second-order valence-corrected chi connectivity index (χ2v) is 8.76. The molecule has 1 amide bonds. The topological polar surface area (TPSA) is 61.1 Å². The standard InChI is InChI=1S/C25H23NO5S2/c1-28-21-11-4-5-12-22(21)31-15-7-14-30-20-10-3-2-8-18(20)16-23-24(27)26(25(32)33-23)17-19-9-6-13-29-19/h2-6,8-13,16H,7,14-15,17H2,1H3. The first-order chi connectivity index (χ1) is 16.2. The van der Waals surface area contributed by atoms with Gasteiger partial charge >= 0.3 is 0 Å². The number of thiocarbonyl (C=S) groups is 1. The molecule has 0 aliphatic carbocycles. The van der Waals surface area contributed by atoms with Gasteiger partial charge in [-0.2, -0.15) is 0 Å². The minimum Gasteiger partial charge on any atom is -0.493 e. The van der Waals surface area contributed by atoms with Crippen LogP contribution in [0.5, 0.6) is 17.2 Å². The van der Waals surface area contributed by atoms with Gasteiger partial charge in [0.25, 0.3) is 5.91 Å². The van der Waals surface area contributed by atoms with Crippen molar-refractivity contribution in [1.82, 2.24) is 4.90 Å². The summed E-state index contributed by atoms with van der Waals surface area (Å²) in [6, 6.07) is 18.8. The van der Waals surface area contributed by atoms with E-state index in [1.165, 1.54) is 11.8 Å². The highest BCUT2D eigenvalue weighted by Crippen LogP contribution is 2.35. The number of rotatable bonds is 10. The van der Waals surface area contributed by atoms with Crippen LogP contribution in [0.4, 0.5) is 0 Å². The summed E-state index contributed by atoms with van der Waals surface area (Å²) in [6.07, 6.45) is 4.09. The van der Waals surface area contributed by atoms with Crippen molar-refractivity contribution < 1.29 is 23.4 Å². The Balaban J connectivity index is 1.35. The Kier molecular flexibility index (Phi) is 7.70. The number of carbonyl (C=O) groups excluding carboxylic acids is 1. The number of thioether (sulfide) groups is 1. The third-order valence-electron chi connectivity index (χ3n) is 4.85. The normalized spacial score (nSPS) is 14.7. The van der Waals surface area contributed by atoms with Crippen LogP contribution in [0.25, 0.3) is 6.08 Å². The third kappa shape index (κ3) is 5.77. The average Bonchev–Trinajstić information content (AvgIpc) is 3.44. The molecule has 1 aliphatic rings. The molecule has 170 valence electrons. The Labute approximate surface area is 202 Å². The van der Waals surface area contributed by atoms with Crippen LogP contribution >= 0.6 is 24.0 Å². The number of carbonyl (C=O) groups is 1. The maximum absolute atomic E-state index is 12.9. The lowest BCUT2D eigenvalue weighted by atomic mass is 10.2. The van der Waals surface area contributed by atoms with E-state index in [1.54, 1.807) is 24.3 Å². The van der Waals surface area contributed by atoms with Gasteiger partial charge in [-0.25, -0.2) is 0 Å². The first-order valence-electron chi connectivity index (χ1n) is 10.4. The fourth-order valence-electron chi connectivity index (χ4n) is 3.23. The number of amides is 1. The quantitative estimate of drug-likeness (QED) is 0.214. The molecule has 0 spiro atoms. The van der Waals surface area contributed by atoms with Crippen molar-refractivity contribution in [1.29, 1.82) is 0 Å². The Hall–Kier alpha value is -3.23. The number of nitrogens with zero attached hydrogens (tertiary/aromatic N) is 1. The largest absolute Gasteiger partial charge is 0.493 e. The molecule has 0 unspecified atom stereocenters. The van der Waals surface area contributed by atoms with Crippen molar-refractivity contribution >= 4 is 40.3 Å². The maximum Gasteiger partial charge on any atom is 0.266 e. The molecule has 8 heteroatoms. The van der Waals surface area contributed by atoms with Crippen molar-refractivity contribution in [2.24, 2.45) is 0 Å². The monoisotopic (exact) mass is 481 g/mol. The molecule has 6 nitrogen and oxygen atoms in total. The lowest BCUT2D eigenvalue weighted by Crippen LogP contribution is -2.27. The predicted molar refractivity (Wildman–Crippen MR) is 132 cm³/mol. The average molecular weight is 482 g/mol. The Morgan fingerprint density at radius 3 is 2.39 bits per heavy atom. The minimum absolute atomic E-state index is 0.138. The van der Waals surface area contributed by atoms with Crippen LogP contribution in [0, 0.1) is 0 Å². The van der Waals surface area contributed by atoms with Crippen LogP contribution in [0.2, 0.25) is 0 Å². The second-order valence-electron chi connectivity index (χ2n) is 7.09. The van der Waals surface area contributed by atoms with E-state index >= 15 is 0 Å². The van der Waals surface area contributed by atoms with Gasteiger partial charge in [-0.05, 0) is 36.4 Å². The molecule has 3 aromatic rings. The fourth-order valence-corrected chi connectivity index (χ4v) is 4.47. The molecular weight excluding hydrogens is 458 g/mol. The van der Waals surface area contributed by atoms with Gasteiger partial charge in [0.15, 0.2) is 11.5 Å². The molecule has 2 heterocycles. The Bertz CT molecular complexity index is 1140. The van der Waals surface area contributed by atoms with Gasteiger partial charge in [-0.15, -0.1) is 0 Å². The van der Waals surface area contributed by atoms with Crippen LogP contribution < -0.4 is 14.2 Å². The molecule has 0 bridgehead atoms. The van der Waals surface area contributed by atoms with Gasteiger partial charge in [0.05, 0.1) is 38.0 Å². The summed E-state index contributed by atoms with van der Waals surface area (Å²) in [6.45, 7) is 1.28. The van der Waals surface area contributed by atoms with Crippen molar-refractivity contribution in [3.05, 3.63) is 83.2 Å². The Morgan fingerprint density at radius 2 is 1.67 bits per heavy atom. The van der Waals surface area contributed by atoms with Crippen LogP contribution in [0.3, 0.4) is 0 Å². The fraction of sp³-hybridized carbons (Fsp3) is 0.200. The maximum atomic E-state index is 12.9. The number of hydrogen-bond acceptors (Lipinski definition) is 7. The predicted octanol–water partition coefficient (Wildman–Crippen LogP) is 5.54. The molecule has 0 saturated carbocycles. The first kappa shape index (κ1) is 22.9. The lowest BCUT2D eigenvalue weighted by molar-refractivity contribution is -0.122. The highest BCUT2D eigenvalue weighted by atomic mass is 32.2. The molecule has 2 aromatic carbocycles. The molecule has 33 heavy (non-hydrogen) atoms. The summed E-state index contributed by atoms with van der Waals surface area (Å²) in [5, 5.41) is 0. The van der Waals surface area contributed by atoms with Crippen molar-refractivity contribution in [3.63, 3.8) is 0 Å². The zero-order valence-corrected chi connectivity index (χ0v) is 19.7. The minimum atomic E-state index is -0.138. The first-order valence-corrected chi connectivity index (χ1v) is 11.6. The summed E-state index contributed by atoms with van der Waals surface area (Å²) in [4.78, 5) is 15.0. The number of para-hydroxylation sites is 3. The zero-order valence-electron chi connectivity index (χ0n) is 18.1. The van der Waals surface area contributed by atoms with Crippen LogP contribution in [0.1, 0.15) is 17.7 Å². The van der Waals surface area contributed by atoms with Crippen molar-refractivity contribution in [2.45, 2.75) is 13.0 Å². The summed E-state index contributed by atoms with van der Waals surface area (Å²) in [5.41, 5.74) is 0.821. The Morgan fingerprint density at radius 1 is 0.970 bits per heavy atom. The van der Waals surface area contributed by atoms with Crippen molar-refractivity contribution in [3.8, 4) is 17.2 Å². The summed E-state index contributed by atoms with van der Waals surface area (Å²) in [7, 11) is 1.62. The van der Waals surface area contributed by atoms with Gasteiger partial charge in [0.2, 0.25) is 0 Å². The summed E-state index contributed by atoms with van der Waals surface area (Å²) >= 11 is 6.69. The second kappa shape index (κ2) is 11.1. The lowest BCUT2D eigenvalue weighted by Gasteiger charge is -2.12. The van der Waals surface area contributed by atoms with Gasteiger partial charge in [0.1, 0.15) is 15.8 Å². The molecular formula is C25H23NO5S2. The van der Waals surface area contributed by atoms with Gasteiger partial charge in [0, 0.05) is 12.0 Å². The van der Waals surface area contributed by atoms with E-state index in [4.69, 9.17) is 30.8 Å². The van der Waals surface area contributed by atoms with E-state index in [0.717, 1.165) is 5.56 Å². The molecule has 1 aliphatic heterocycles. The molecule has 1 aromatic heterocycles. The highest BCUT2D eigenvalue weighted by molar-refractivity contribution is 8.26. The van der Waals surface area contributed by atoms with Crippen LogP contribution in [-0.4, -0.2) is 35.5 Å². The molecule has 1 saturated heterocycles. The molecule has 0 N–H and O–H groups in total. The SMILES string of the molecule is COc1ccccc1OCCCOc1ccccc1C=C1SC(=S)N(Cc2ccco2)C1=O. The number of methoxy groups -OCH3 is 1. The summed E-state index contributed by atoms with van der Waals surface area (Å²) in [5.74, 6) is 2.66. The van der Waals surface area contributed by atoms with E-state index < -0.39 is 0 Å². The van der Waals surface area contributed by atoms with E-state index in [1.807, 2.05) is 60.7 Å². The number of ether oxygens (including phenoxy) is 3. The number of benzene rings is 2. The zero-order chi connectivity index (χ0) is 23.0. The molecule has 0 radical (unpaired) electrons. The molecule has 1 fully saturated rings. The number of furan rings is 1. The number of hydrogen-bond donors (Lipinski definition) is 0. The van der Waals surface area contributed by atoms with E-state index in [2.05, 4.69) is 0 Å². The van der Waals surface area contributed by atoms with E-state index in [-0.39, 0.29) is 5.91 Å². The van der Waals surface area contributed by atoms with E-state index in [0.29, 0.717) is 58.4 Å². The van der Waals surface area contributed by atoms with Gasteiger partial charge in [-0.1, -0.05) is 54.3 Å². The van der Waals surface area contributed by atoms with Crippen molar-refractivity contribution in [2.75, 3.05) is 20.3 Å². The third-order valence-corrected chi connectivity index (χ3v) is 6.22. The van der Waals surface area contributed by atoms with Crippen LogP contribution in [-0.2, 0) is 11.3 Å². The van der Waals surface area contributed by atoms with Gasteiger partial charge < -0.3 is 18.6 Å². The smallest absolute Gasteiger partial charge is 0.266 e. The highest BCUT2D eigenvalue weighted by Gasteiger charge is 2.32. The molecule has 4 rings (SSSR count). The summed E-state index contributed by atoms with van der Waals surface area (Å²) < 4.78 is 22.9. The van der Waals surface area contributed by atoms with Crippen LogP contribution in [0.15, 0.2) is 76.2 Å². The molecule has 0 atom stereocenters. The van der Waals surface area contributed by atoms with Gasteiger partial charge in [-0.3, -0.25) is 9.69 Å². The van der Waals surface area contributed by atoms with E-state index in [9.17, 15) is 4.79 Å².